The summed E-state index contributed by atoms with van der Waals surface area (Å²) in [5, 5.41) is 0. The van der Waals surface area contributed by atoms with Gasteiger partial charge in [-0.15, -0.1) is 0 Å². The average molecular weight is 763 g/mol. The van der Waals surface area contributed by atoms with Gasteiger partial charge in [-0.1, -0.05) is 24.3 Å². The van der Waals surface area contributed by atoms with E-state index in [9.17, 15) is 28.8 Å². The molecule has 2 fully saturated rings. The molecule has 0 spiro atoms. The number of hydrogen-bond donors (Lipinski definition) is 0. The molecule has 0 saturated carbocycles. The predicted molar refractivity (Wildman–Crippen MR) is 181 cm³/mol. The highest BCUT2D eigenvalue weighted by molar-refractivity contribution is 5.85. The average Bonchev–Trinajstić information content (AvgIpc) is 3.78. The van der Waals surface area contributed by atoms with Crippen molar-refractivity contribution in [2.75, 3.05) is 13.1 Å². The maximum atomic E-state index is 15.8. The quantitative estimate of drug-likeness (QED) is 0.120. The molecule has 1 aliphatic carbocycles. The molecule has 16 heteroatoms. The van der Waals surface area contributed by atoms with E-state index >= 15 is 17.6 Å². The van der Waals surface area contributed by atoms with Crippen LogP contribution in [0.5, 0.6) is 0 Å². The van der Waals surface area contributed by atoms with Crippen molar-refractivity contribution in [3.8, 4) is 11.1 Å². The van der Waals surface area contributed by atoms with E-state index in [0.717, 1.165) is 21.9 Å². The number of benzene rings is 2. The minimum absolute atomic E-state index is 0.158. The molecule has 2 unspecified atom stereocenters. The molecule has 2 saturated heterocycles. The van der Waals surface area contributed by atoms with E-state index in [1.165, 1.54) is 12.1 Å². The number of rotatable bonds is 8. The molecule has 54 heavy (non-hydrogen) atoms. The first kappa shape index (κ1) is 40.2. The number of fused-ring (bicyclic) bond motifs is 3. The van der Waals surface area contributed by atoms with Crippen LogP contribution in [0.15, 0.2) is 36.4 Å². The number of aldehydes is 2. The van der Waals surface area contributed by atoms with E-state index in [0.29, 0.717) is 25.0 Å². The van der Waals surface area contributed by atoms with Crippen LogP contribution in [0.3, 0.4) is 0 Å². The highest BCUT2D eigenvalue weighted by atomic mass is 19.3. The van der Waals surface area contributed by atoms with Crippen LogP contribution in [-0.4, -0.2) is 82.9 Å². The normalized spacial score (nSPS) is 21.2. The lowest BCUT2D eigenvalue weighted by molar-refractivity contribution is -0.225. The first-order valence-corrected chi connectivity index (χ1v) is 17.4. The van der Waals surface area contributed by atoms with Gasteiger partial charge < -0.3 is 18.9 Å². The van der Waals surface area contributed by atoms with Crippen LogP contribution in [0, 0.1) is 0 Å². The van der Waals surface area contributed by atoms with Crippen LogP contribution in [0.4, 0.5) is 27.2 Å². The Hall–Kier alpha value is -5.02. The number of halogens is 4. The summed E-state index contributed by atoms with van der Waals surface area (Å²) in [6.45, 7) is 10.2. The summed E-state index contributed by atoms with van der Waals surface area (Å²) in [6, 6.07) is 3.62. The maximum Gasteiger partial charge on any atom is 0.411 e. The van der Waals surface area contributed by atoms with Crippen molar-refractivity contribution in [2.24, 2.45) is 0 Å². The fourth-order valence-electron chi connectivity index (χ4n) is 6.66. The van der Waals surface area contributed by atoms with E-state index < -0.39 is 82.6 Å². The van der Waals surface area contributed by atoms with Crippen LogP contribution in [-0.2, 0) is 50.0 Å². The van der Waals surface area contributed by atoms with Gasteiger partial charge in [-0.2, -0.15) is 17.6 Å². The number of carbonyl (C=O) groups excluding carboxylic acids is 6. The van der Waals surface area contributed by atoms with Crippen LogP contribution in [0.25, 0.3) is 11.1 Å². The summed E-state index contributed by atoms with van der Waals surface area (Å²) in [4.78, 5) is 78.1. The molecule has 2 aromatic rings. The predicted octanol–water partition coefficient (Wildman–Crippen LogP) is 6.92. The Morgan fingerprint density at radius 1 is 0.667 bits per heavy atom. The summed E-state index contributed by atoms with van der Waals surface area (Å²) in [5.74, 6) is -11.7. The van der Waals surface area contributed by atoms with Crippen LogP contribution in [0.1, 0.15) is 102 Å². The van der Waals surface area contributed by atoms with Crippen LogP contribution in [0.2, 0.25) is 0 Å². The summed E-state index contributed by atoms with van der Waals surface area (Å²) in [6.07, 6.45) is -3.56. The number of nitrogens with zero attached hydrogens (tertiary/aromatic N) is 2. The van der Waals surface area contributed by atoms with Gasteiger partial charge in [0.05, 0.1) is 0 Å². The molecule has 2 aromatic carbocycles. The van der Waals surface area contributed by atoms with E-state index in [4.69, 9.17) is 18.9 Å². The van der Waals surface area contributed by atoms with Crippen molar-refractivity contribution in [2.45, 2.75) is 115 Å². The molecule has 0 aromatic heterocycles. The molecule has 3 aliphatic rings. The first-order chi connectivity index (χ1) is 25.1. The smallest absolute Gasteiger partial charge is 0.411 e. The third kappa shape index (κ3) is 7.92. The second-order valence-corrected chi connectivity index (χ2v) is 15.4. The van der Waals surface area contributed by atoms with Gasteiger partial charge in [0.2, 0.25) is 0 Å². The minimum atomic E-state index is -4.87. The zero-order chi connectivity index (χ0) is 40.0. The fraction of sp³-hybridized carbons (Fsp3) is 0.526. The molecule has 2 aliphatic heterocycles. The maximum absolute atomic E-state index is 15.8. The summed E-state index contributed by atoms with van der Waals surface area (Å²) in [7, 11) is 0. The summed E-state index contributed by atoms with van der Waals surface area (Å²) >= 11 is 0. The zero-order valence-corrected chi connectivity index (χ0v) is 30.7. The molecule has 5 rings (SSSR count). The van der Waals surface area contributed by atoms with Crippen molar-refractivity contribution in [1.29, 1.82) is 0 Å². The minimum Gasteiger partial charge on any atom is -0.448 e. The van der Waals surface area contributed by atoms with Gasteiger partial charge in [-0.05, 0) is 90.5 Å². The van der Waals surface area contributed by atoms with Crippen LogP contribution >= 0.6 is 0 Å². The van der Waals surface area contributed by atoms with Crippen molar-refractivity contribution < 1.29 is 65.3 Å². The third-order valence-electron chi connectivity index (χ3n) is 9.14. The Morgan fingerprint density at radius 2 is 1.02 bits per heavy atom. The molecular formula is C38H42F4N2O10. The van der Waals surface area contributed by atoms with Gasteiger partial charge in [-0.3, -0.25) is 19.4 Å². The van der Waals surface area contributed by atoms with Gasteiger partial charge in [-0.25, -0.2) is 19.2 Å². The second kappa shape index (κ2) is 14.7. The number of likely N-dealkylation sites (tertiary alicyclic amines) is 2. The monoisotopic (exact) mass is 762 g/mol. The Balaban J connectivity index is 1.39. The van der Waals surface area contributed by atoms with Crippen molar-refractivity contribution in [3.05, 3.63) is 58.7 Å². The highest BCUT2D eigenvalue weighted by Gasteiger charge is 2.63. The largest absolute Gasteiger partial charge is 0.448 e. The zero-order valence-electron chi connectivity index (χ0n) is 30.7. The molecule has 4 atom stereocenters. The molecule has 12 nitrogen and oxygen atoms in total. The number of ether oxygens (including phenoxy) is 4. The van der Waals surface area contributed by atoms with E-state index in [2.05, 4.69) is 0 Å². The fourth-order valence-corrected chi connectivity index (χ4v) is 6.66. The van der Waals surface area contributed by atoms with Crippen LogP contribution < -0.4 is 0 Å². The number of esters is 2. The van der Waals surface area contributed by atoms with Gasteiger partial charge >= 0.3 is 36.0 Å². The van der Waals surface area contributed by atoms with Gasteiger partial charge in [0.1, 0.15) is 23.3 Å². The molecular weight excluding hydrogens is 720 g/mol. The summed E-state index contributed by atoms with van der Waals surface area (Å²) in [5.41, 5.74) is -5.28. The van der Waals surface area contributed by atoms with E-state index in [1.807, 2.05) is 0 Å². The molecule has 0 bridgehead atoms. The second-order valence-electron chi connectivity index (χ2n) is 15.4. The summed E-state index contributed by atoms with van der Waals surface area (Å²) < 4.78 is 84.7. The van der Waals surface area contributed by atoms with Gasteiger partial charge in [0, 0.05) is 35.3 Å². The van der Waals surface area contributed by atoms with Crippen molar-refractivity contribution >= 4 is 36.7 Å². The Bertz CT molecular complexity index is 1710. The molecule has 0 N–H and O–H groups in total. The van der Waals surface area contributed by atoms with E-state index in [-0.39, 0.29) is 60.8 Å². The number of amides is 2. The highest BCUT2D eigenvalue weighted by Crippen LogP contribution is 2.58. The van der Waals surface area contributed by atoms with Crippen molar-refractivity contribution in [1.82, 2.24) is 9.80 Å². The van der Waals surface area contributed by atoms with E-state index in [1.54, 1.807) is 41.5 Å². The van der Waals surface area contributed by atoms with Gasteiger partial charge in [0.25, 0.3) is 0 Å². The standard InChI is InChI=1S/C38H42F4N2O10/c1-35(2,3)53-33(49)43-15-7-9-27(43)31(47)51-29(19-45)21-11-13-23-24-14-12-22(18-26(24)38(41,42)37(39,40)25(23)17-21)30(20-46)52-32(48)28-10-8-16-44(28)34(50)54-36(4,5)6/h11-14,17-20,27-30H,7-10,15-16H2,1-6H3/t27-,28-,29?,30?/m0/s1. The Kier molecular flexibility index (Phi) is 10.9. The lowest BCUT2D eigenvalue weighted by Gasteiger charge is -2.36. The number of hydrogen-bond acceptors (Lipinski definition) is 10. The molecule has 0 radical (unpaired) electrons. The molecule has 292 valence electrons. The Labute approximate surface area is 309 Å². The SMILES string of the molecule is CC(C)(C)OC(=O)N1CCC[C@H]1C(=O)OC(C=O)c1ccc2c(c1)C(F)(F)C(F)(F)c1cc(C(C=O)OC(=O)[C@@H]3CCCN3C(=O)OC(C)(C)C)ccc1-2. The number of carbonyl (C=O) groups is 6. The Morgan fingerprint density at radius 3 is 1.33 bits per heavy atom. The first-order valence-electron chi connectivity index (χ1n) is 17.4. The number of alkyl halides is 4. The molecule has 2 amide bonds. The topological polar surface area (TPSA) is 146 Å². The lowest BCUT2D eigenvalue weighted by atomic mass is 9.78. The van der Waals surface area contributed by atoms with Crippen molar-refractivity contribution in [3.63, 3.8) is 0 Å². The van der Waals surface area contributed by atoms with Gasteiger partial charge in [0.15, 0.2) is 24.8 Å². The lowest BCUT2D eigenvalue weighted by Crippen LogP contribution is -2.44. The molecule has 2 heterocycles. The third-order valence-corrected chi connectivity index (χ3v) is 9.14.